The highest BCUT2D eigenvalue weighted by Gasteiger charge is 2.22. The Morgan fingerprint density at radius 3 is 2.65 bits per heavy atom. The third-order valence-electron chi connectivity index (χ3n) is 4.14. The lowest BCUT2D eigenvalue weighted by Crippen LogP contribution is -2.42. The number of aryl methyl sites for hydroxylation is 1. The van der Waals surface area contributed by atoms with Crippen LogP contribution in [0.4, 0.5) is 10.5 Å². The number of nitrogens with zero attached hydrogens (tertiary/aromatic N) is 1. The summed E-state index contributed by atoms with van der Waals surface area (Å²) in [7, 11) is 0. The molecule has 1 aliphatic heterocycles. The first-order valence-electron chi connectivity index (χ1n) is 7.88. The second-order valence-electron chi connectivity index (χ2n) is 5.80. The number of amides is 2. The van der Waals surface area contributed by atoms with E-state index in [9.17, 15) is 9.59 Å². The standard InChI is InChI=1S/C19H20N2O2/c1-14(22)16-9-10-18-17(12-16)8-5-11-21(18)19(23)20-13-15-6-3-2-4-7-15/h2-4,6-7,9-10,12H,5,8,11,13H2,1H3,(H,20,23). The molecular formula is C19H20N2O2. The van der Waals surface area contributed by atoms with E-state index in [-0.39, 0.29) is 11.8 Å². The predicted molar refractivity (Wildman–Crippen MR) is 90.8 cm³/mol. The molecule has 0 bridgehead atoms. The van der Waals surface area contributed by atoms with E-state index in [1.54, 1.807) is 17.9 Å². The van der Waals surface area contributed by atoms with E-state index >= 15 is 0 Å². The van der Waals surface area contributed by atoms with Gasteiger partial charge in [-0.2, -0.15) is 0 Å². The Morgan fingerprint density at radius 1 is 1.13 bits per heavy atom. The third kappa shape index (κ3) is 3.42. The van der Waals surface area contributed by atoms with Gasteiger partial charge in [-0.1, -0.05) is 30.3 Å². The van der Waals surface area contributed by atoms with Crippen molar-refractivity contribution >= 4 is 17.5 Å². The van der Waals surface area contributed by atoms with Crippen LogP contribution in [0.15, 0.2) is 48.5 Å². The highest BCUT2D eigenvalue weighted by molar-refractivity contribution is 5.97. The van der Waals surface area contributed by atoms with Gasteiger partial charge in [0.2, 0.25) is 0 Å². The van der Waals surface area contributed by atoms with Gasteiger partial charge in [0.1, 0.15) is 0 Å². The Morgan fingerprint density at radius 2 is 1.91 bits per heavy atom. The Kier molecular flexibility index (Phi) is 4.42. The summed E-state index contributed by atoms with van der Waals surface area (Å²) >= 11 is 0. The van der Waals surface area contributed by atoms with Gasteiger partial charge < -0.3 is 5.32 Å². The monoisotopic (exact) mass is 308 g/mol. The molecule has 0 spiro atoms. The molecule has 2 amide bonds. The number of rotatable bonds is 3. The van der Waals surface area contributed by atoms with Gasteiger partial charge in [-0.3, -0.25) is 9.69 Å². The molecule has 0 unspecified atom stereocenters. The van der Waals surface area contributed by atoms with E-state index in [1.807, 2.05) is 42.5 Å². The summed E-state index contributed by atoms with van der Waals surface area (Å²) in [6, 6.07) is 15.4. The molecule has 0 radical (unpaired) electrons. The summed E-state index contributed by atoms with van der Waals surface area (Å²) in [4.78, 5) is 25.8. The van der Waals surface area contributed by atoms with Crippen molar-refractivity contribution in [3.05, 3.63) is 65.2 Å². The molecule has 4 heteroatoms. The van der Waals surface area contributed by atoms with Crippen LogP contribution in [0.2, 0.25) is 0 Å². The van der Waals surface area contributed by atoms with Gasteiger partial charge in [0.25, 0.3) is 0 Å². The number of ketones is 1. The Hall–Kier alpha value is -2.62. The SMILES string of the molecule is CC(=O)c1ccc2c(c1)CCCN2C(=O)NCc1ccccc1. The molecule has 0 fully saturated rings. The number of urea groups is 1. The van der Waals surface area contributed by atoms with Crippen LogP contribution in [0.5, 0.6) is 0 Å². The van der Waals surface area contributed by atoms with Crippen molar-refractivity contribution < 1.29 is 9.59 Å². The molecule has 1 N–H and O–H groups in total. The summed E-state index contributed by atoms with van der Waals surface area (Å²) in [6.07, 6.45) is 1.81. The summed E-state index contributed by atoms with van der Waals surface area (Å²) in [5, 5.41) is 2.97. The molecule has 0 aromatic heterocycles. The summed E-state index contributed by atoms with van der Waals surface area (Å²) in [6.45, 7) is 2.78. The number of nitrogens with one attached hydrogen (secondary N) is 1. The van der Waals surface area contributed by atoms with Crippen LogP contribution in [0.3, 0.4) is 0 Å². The summed E-state index contributed by atoms with van der Waals surface area (Å²) < 4.78 is 0. The zero-order valence-electron chi connectivity index (χ0n) is 13.2. The molecule has 23 heavy (non-hydrogen) atoms. The second kappa shape index (κ2) is 6.65. The van der Waals surface area contributed by atoms with Crippen LogP contribution in [0.1, 0.15) is 34.8 Å². The molecule has 0 saturated carbocycles. The summed E-state index contributed by atoms with van der Waals surface area (Å²) in [5.41, 5.74) is 3.76. The maximum Gasteiger partial charge on any atom is 0.322 e. The zero-order valence-corrected chi connectivity index (χ0v) is 13.2. The van der Waals surface area contributed by atoms with Crippen LogP contribution in [0.25, 0.3) is 0 Å². The summed E-state index contributed by atoms with van der Waals surface area (Å²) in [5.74, 6) is 0.0541. The number of hydrogen-bond donors (Lipinski definition) is 1. The smallest absolute Gasteiger partial charge is 0.322 e. The first-order valence-corrected chi connectivity index (χ1v) is 7.88. The lowest BCUT2D eigenvalue weighted by Gasteiger charge is -2.30. The second-order valence-corrected chi connectivity index (χ2v) is 5.80. The molecule has 1 aliphatic rings. The number of hydrogen-bond acceptors (Lipinski definition) is 2. The lowest BCUT2D eigenvalue weighted by atomic mass is 9.98. The highest BCUT2D eigenvalue weighted by atomic mass is 16.2. The van der Waals surface area contributed by atoms with Crippen molar-refractivity contribution in [3.63, 3.8) is 0 Å². The van der Waals surface area contributed by atoms with Gasteiger partial charge >= 0.3 is 6.03 Å². The number of benzene rings is 2. The zero-order chi connectivity index (χ0) is 16.2. The topological polar surface area (TPSA) is 49.4 Å². The van der Waals surface area contributed by atoms with Crippen molar-refractivity contribution in [1.82, 2.24) is 5.32 Å². The van der Waals surface area contributed by atoms with Crippen molar-refractivity contribution in [2.24, 2.45) is 0 Å². The molecule has 2 aromatic carbocycles. The highest BCUT2D eigenvalue weighted by Crippen LogP contribution is 2.28. The fourth-order valence-electron chi connectivity index (χ4n) is 2.90. The fraction of sp³-hybridized carbons (Fsp3) is 0.263. The van der Waals surface area contributed by atoms with Gasteiger partial charge in [0.15, 0.2) is 5.78 Å². The van der Waals surface area contributed by atoms with E-state index in [1.165, 1.54) is 0 Å². The molecular weight excluding hydrogens is 288 g/mol. The number of carbonyl (C=O) groups excluding carboxylic acids is 2. The molecule has 1 heterocycles. The molecule has 118 valence electrons. The van der Waals surface area contributed by atoms with Crippen LogP contribution in [-0.2, 0) is 13.0 Å². The number of fused-ring (bicyclic) bond motifs is 1. The van der Waals surface area contributed by atoms with E-state index in [4.69, 9.17) is 0 Å². The van der Waals surface area contributed by atoms with Gasteiger partial charge in [-0.05, 0) is 49.1 Å². The Bertz CT molecular complexity index is 725. The first-order chi connectivity index (χ1) is 11.1. The minimum atomic E-state index is -0.0922. The Labute approximate surface area is 136 Å². The van der Waals surface area contributed by atoms with Crippen LogP contribution in [-0.4, -0.2) is 18.4 Å². The van der Waals surface area contributed by atoms with Crippen molar-refractivity contribution in [3.8, 4) is 0 Å². The number of Topliss-reactive ketones (excluding diaryl/α,β-unsaturated/α-hetero) is 1. The first kappa shape index (κ1) is 15.3. The van der Waals surface area contributed by atoms with Gasteiger partial charge in [0.05, 0.1) is 0 Å². The molecule has 3 rings (SSSR count). The normalized spacial score (nSPS) is 13.3. The molecule has 4 nitrogen and oxygen atoms in total. The quantitative estimate of drug-likeness (QED) is 0.882. The largest absolute Gasteiger partial charge is 0.334 e. The van der Waals surface area contributed by atoms with Crippen LogP contribution >= 0.6 is 0 Å². The van der Waals surface area contributed by atoms with Crippen molar-refractivity contribution in [1.29, 1.82) is 0 Å². The fourth-order valence-corrected chi connectivity index (χ4v) is 2.90. The van der Waals surface area contributed by atoms with E-state index < -0.39 is 0 Å². The van der Waals surface area contributed by atoms with Crippen molar-refractivity contribution in [2.75, 3.05) is 11.4 Å². The van der Waals surface area contributed by atoms with Gasteiger partial charge in [0, 0.05) is 24.3 Å². The number of anilines is 1. The lowest BCUT2D eigenvalue weighted by molar-refractivity contribution is 0.101. The number of carbonyl (C=O) groups is 2. The molecule has 0 saturated heterocycles. The maximum absolute atomic E-state index is 12.5. The maximum atomic E-state index is 12.5. The predicted octanol–water partition coefficient (Wildman–Crippen LogP) is 3.55. The average molecular weight is 308 g/mol. The molecule has 2 aromatic rings. The molecule has 0 aliphatic carbocycles. The minimum Gasteiger partial charge on any atom is -0.334 e. The third-order valence-corrected chi connectivity index (χ3v) is 4.14. The van der Waals surface area contributed by atoms with Crippen LogP contribution < -0.4 is 10.2 Å². The van der Waals surface area contributed by atoms with E-state index in [0.29, 0.717) is 18.7 Å². The van der Waals surface area contributed by atoms with Crippen molar-refractivity contribution in [2.45, 2.75) is 26.3 Å². The Balaban J connectivity index is 1.74. The molecule has 0 atom stereocenters. The minimum absolute atomic E-state index is 0.0541. The van der Waals surface area contributed by atoms with Crippen LogP contribution in [0, 0.1) is 0 Å². The van der Waals surface area contributed by atoms with E-state index in [0.717, 1.165) is 29.7 Å². The van der Waals surface area contributed by atoms with E-state index in [2.05, 4.69) is 5.32 Å². The average Bonchev–Trinajstić information content (AvgIpc) is 2.59. The van der Waals surface area contributed by atoms with Gasteiger partial charge in [-0.15, -0.1) is 0 Å². The van der Waals surface area contributed by atoms with Gasteiger partial charge in [-0.25, -0.2) is 4.79 Å².